The molecule has 1 N–H and O–H groups in total. The molecule has 4 heteroatoms. The third-order valence-corrected chi connectivity index (χ3v) is 3.91. The van der Waals surface area contributed by atoms with E-state index in [1.54, 1.807) is 0 Å². The van der Waals surface area contributed by atoms with E-state index < -0.39 is 0 Å². The van der Waals surface area contributed by atoms with Gasteiger partial charge in [0.25, 0.3) is 0 Å². The van der Waals surface area contributed by atoms with Crippen molar-refractivity contribution < 1.29 is 0 Å². The van der Waals surface area contributed by atoms with Gasteiger partial charge in [0.15, 0.2) is 5.13 Å². The van der Waals surface area contributed by atoms with Gasteiger partial charge in [-0.1, -0.05) is 0 Å². The lowest BCUT2D eigenvalue weighted by Crippen LogP contribution is -2.34. The number of nitrogens with zero attached hydrogens (tertiary/aromatic N) is 2. The molecule has 0 spiro atoms. The van der Waals surface area contributed by atoms with Crippen molar-refractivity contribution >= 4 is 16.5 Å². The van der Waals surface area contributed by atoms with E-state index >= 15 is 0 Å². The number of nitrogens with one attached hydrogen (secondary N) is 1. The summed E-state index contributed by atoms with van der Waals surface area (Å²) in [5.41, 5.74) is 1.32. The van der Waals surface area contributed by atoms with Crippen LogP contribution in [0.1, 0.15) is 45.2 Å². The molecular weight excluding hydrogens is 230 g/mol. The molecule has 0 radical (unpaired) electrons. The van der Waals surface area contributed by atoms with Gasteiger partial charge in [-0.3, -0.25) is 0 Å². The highest BCUT2D eigenvalue weighted by Gasteiger charge is 2.14. The highest BCUT2D eigenvalue weighted by Crippen LogP contribution is 2.26. The van der Waals surface area contributed by atoms with E-state index in [4.69, 9.17) is 0 Å². The highest BCUT2D eigenvalue weighted by atomic mass is 32.1. The number of anilines is 1. The van der Waals surface area contributed by atoms with Crippen molar-refractivity contribution in [2.24, 2.45) is 0 Å². The summed E-state index contributed by atoms with van der Waals surface area (Å²) >= 11 is 1.81. The lowest BCUT2D eigenvalue weighted by molar-refractivity contribution is 0.425. The van der Waals surface area contributed by atoms with Gasteiger partial charge < -0.3 is 10.2 Å². The predicted octanol–water partition coefficient (Wildman–Crippen LogP) is 3.19. The number of hydrogen-bond acceptors (Lipinski definition) is 4. The molecule has 0 aliphatic rings. The molecule has 0 fully saturated rings. The van der Waals surface area contributed by atoms with Gasteiger partial charge in [0.05, 0.1) is 5.69 Å². The number of aromatic nitrogens is 1. The normalized spacial score (nSPS) is 11.9. The van der Waals surface area contributed by atoms with Gasteiger partial charge in [-0.2, -0.15) is 0 Å². The topological polar surface area (TPSA) is 28.2 Å². The fourth-order valence-electron chi connectivity index (χ4n) is 1.55. The van der Waals surface area contributed by atoms with Crippen LogP contribution in [0.5, 0.6) is 0 Å². The van der Waals surface area contributed by atoms with E-state index in [0.717, 1.165) is 30.5 Å². The zero-order valence-corrected chi connectivity index (χ0v) is 12.7. The van der Waals surface area contributed by atoms with Crippen molar-refractivity contribution in [1.29, 1.82) is 0 Å². The van der Waals surface area contributed by atoms with Crippen LogP contribution in [0.2, 0.25) is 0 Å². The standard InChI is InChI=1S/C13H25N3S/c1-7-16(8-2)12-15-10(3)11(17-12)9-14-13(4,5)6/h14H,7-9H2,1-6H3. The minimum Gasteiger partial charge on any atom is -0.349 e. The van der Waals surface area contributed by atoms with Gasteiger partial charge in [0, 0.05) is 30.1 Å². The first-order valence-corrected chi connectivity index (χ1v) is 7.15. The lowest BCUT2D eigenvalue weighted by Gasteiger charge is -2.20. The minimum absolute atomic E-state index is 0.159. The fraction of sp³-hybridized carbons (Fsp3) is 0.769. The van der Waals surface area contributed by atoms with Crippen molar-refractivity contribution in [1.82, 2.24) is 10.3 Å². The molecule has 1 aromatic rings. The first-order chi connectivity index (χ1) is 7.87. The average molecular weight is 255 g/mol. The van der Waals surface area contributed by atoms with Gasteiger partial charge in [0.2, 0.25) is 0 Å². The summed E-state index contributed by atoms with van der Waals surface area (Å²) in [5, 5.41) is 4.67. The molecule has 1 aromatic heterocycles. The largest absolute Gasteiger partial charge is 0.349 e. The molecule has 0 aliphatic heterocycles. The Hall–Kier alpha value is -0.610. The molecule has 0 saturated heterocycles. The number of thiazole rings is 1. The van der Waals surface area contributed by atoms with Crippen molar-refractivity contribution in [3.05, 3.63) is 10.6 Å². The first kappa shape index (κ1) is 14.5. The smallest absolute Gasteiger partial charge is 0.185 e. The summed E-state index contributed by atoms with van der Waals surface area (Å²) in [6.07, 6.45) is 0. The molecule has 0 saturated carbocycles. The summed E-state index contributed by atoms with van der Waals surface area (Å²) in [5.74, 6) is 0. The summed E-state index contributed by atoms with van der Waals surface area (Å²) in [4.78, 5) is 8.31. The van der Waals surface area contributed by atoms with Gasteiger partial charge in [-0.15, -0.1) is 11.3 Å². The second-order valence-electron chi connectivity index (χ2n) is 5.28. The summed E-state index contributed by atoms with van der Waals surface area (Å²) in [7, 11) is 0. The Balaban J connectivity index is 2.74. The summed E-state index contributed by atoms with van der Waals surface area (Å²) in [6.45, 7) is 16.0. The van der Waals surface area contributed by atoms with Gasteiger partial charge >= 0.3 is 0 Å². The van der Waals surface area contributed by atoms with E-state index in [0.29, 0.717) is 0 Å². The monoisotopic (exact) mass is 255 g/mol. The molecule has 0 aromatic carbocycles. The Bertz CT molecular complexity index is 348. The quantitative estimate of drug-likeness (QED) is 0.876. The van der Waals surface area contributed by atoms with Crippen molar-refractivity contribution in [2.75, 3.05) is 18.0 Å². The molecule has 0 bridgehead atoms. The van der Waals surface area contributed by atoms with Crippen LogP contribution in [0.25, 0.3) is 0 Å². The third-order valence-electron chi connectivity index (χ3n) is 2.69. The molecular formula is C13H25N3S. The van der Waals surface area contributed by atoms with Crippen LogP contribution in [0, 0.1) is 6.92 Å². The maximum Gasteiger partial charge on any atom is 0.185 e. The van der Waals surface area contributed by atoms with Gasteiger partial charge in [0.1, 0.15) is 0 Å². The maximum atomic E-state index is 4.66. The molecule has 0 amide bonds. The van der Waals surface area contributed by atoms with Crippen LogP contribution in [0.3, 0.4) is 0 Å². The maximum absolute atomic E-state index is 4.66. The van der Waals surface area contributed by atoms with E-state index in [2.05, 4.69) is 56.7 Å². The van der Waals surface area contributed by atoms with Gasteiger partial charge in [-0.05, 0) is 41.5 Å². The van der Waals surface area contributed by atoms with Crippen LogP contribution in [-0.2, 0) is 6.54 Å². The average Bonchev–Trinajstić information content (AvgIpc) is 2.58. The van der Waals surface area contributed by atoms with Crippen LogP contribution >= 0.6 is 11.3 Å². The molecule has 3 nitrogen and oxygen atoms in total. The minimum atomic E-state index is 0.159. The SMILES string of the molecule is CCN(CC)c1nc(C)c(CNC(C)(C)C)s1. The molecule has 0 aliphatic carbocycles. The Labute approximate surface area is 109 Å². The second-order valence-corrected chi connectivity index (χ2v) is 6.34. The molecule has 1 rings (SSSR count). The molecule has 17 heavy (non-hydrogen) atoms. The number of hydrogen-bond donors (Lipinski definition) is 1. The summed E-state index contributed by atoms with van der Waals surface area (Å²) in [6, 6.07) is 0. The number of aryl methyl sites for hydroxylation is 1. The molecule has 0 atom stereocenters. The van der Waals surface area contributed by atoms with Crippen LogP contribution in [0.15, 0.2) is 0 Å². The predicted molar refractivity (Wildman–Crippen MR) is 77.0 cm³/mol. The molecule has 0 unspecified atom stereocenters. The lowest BCUT2D eigenvalue weighted by atomic mass is 10.1. The van der Waals surface area contributed by atoms with Gasteiger partial charge in [-0.25, -0.2) is 4.98 Å². The highest BCUT2D eigenvalue weighted by molar-refractivity contribution is 7.15. The van der Waals surface area contributed by atoms with Crippen molar-refractivity contribution in [2.45, 2.75) is 53.6 Å². The van der Waals surface area contributed by atoms with Crippen molar-refractivity contribution in [3.8, 4) is 0 Å². The Morgan fingerprint density at radius 2 is 1.82 bits per heavy atom. The zero-order valence-electron chi connectivity index (χ0n) is 11.9. The third kappa shape index (κ3) is 4.28. The Morgan fingerprint density at radius 1 is 1.24 bits per heavy atom. The van der Waals surface area contributed by atoms with Crippen LogP contribution in [-0.4, -0.2) is 23.6 Å². The van der Waals surface area contributed by atoms with Crippen LogP contribution < -0.4 is 10.2 Å². The van der Waals surface area contributed by atoms with Crippen LogP contribution in [0.4, 0.5) is 5.13 Å². The Kier molecular flexibility index (Phi) is 4.95. The zero-order chi connectivity index (χ0) is 13.1. The first-order valence-electron chi connectivity index (χ1n) is 6.33. The van der Waals surface area contributed by atoms with E-state index in [1.807, 2.05) is 11.3 Å². The molecule has 98 valence electrons. The fourth-order valence-corrected chi connectivity index (χ4v) is 2.68. The molecule has 1 heterocycles. The van der Waals surface area contributed by atoms with E-state index in [1.165, 1.54) is 4.88 Å². The van der Waals surface area contributed by atoms with E-state index in [-0.39, 0.29) is 5.54 Å². The number of rotatable bonds is 5. The summed E-state index contributed by atoms with van der Waals surface area (Å²) < 4.78 is 0. The Morgan fingerprint density at radius 3 is 2.29 bits per heavy atom. The van der Waals surface area contributed by atoms with E-state index in [9.17, 15) is 0 Å². The second kappa shape index (κ2) is 5.83. The van der Waals surface area contributed by atoms with Crippen molar-refractivity contribution in [3.63, 3.8) is 0 Å².